The number of aromatic amines is 1. The maximum Gasteiger partial charge on any atom is 0.259 e. The molecule has 1 amide bonds. The van der Waals surface area contributed by atoms with Crippen LogP contribution in [0.5, 0.6) is 0 Å². The van der Waals surface area contributed by atoms with Gasteiger partial charge < -0.3 is 10.3 Å². The van der Waals surface area contributed by atoms with Crippen molar-refractivity contribution in [2.24, 2.45) is 0 Å². The summed E-state index contributed by atoms with van der Waals surface area (Å²) in [5, 5.41) is 3.82. The number of nitrogens with zero attached hydrogens (tertiary/aromatic N) is 1. The highest BCUT2D eigenvalue weighted by Gasteiger charge is 2.21. The number of thiophene rings is 1. The molecule has 0 fully saturated rings. The SMILES string of the molecule is O=C(CCSCc1nc2sc3c(c2c(=O)[nH]1)CCC3)Nc1ccccc1-c1ccccc1. The highest BCUT2D eigenvalue weighted by molar-refractivity contribution is 7.98. The summed E-state index contributed by atoms with van der Waals surface area (Å²) >= 11 is 3.26. The minimum Gasteiger partial charge on any atom is -0.325 e. The lowest BCUT2D eigenvalue weighted by molar-refractivity contribution is -0.115. The molecule has 2 aromatic carbocycles. The number of hydrogen-bond donors (Lipinski definition) is 2. The standard InChI is InChI=1S/C25H23N3O2S2/c29-22(26-19-11-5-4-9-17(19)16-7-2-1-3-8-16)13-14-31-15-21-27-24(30)23-18-10-6-12-20(18)32-25(23)28-21/h1-5,7-9,11H,6,10,12-15H2,(H,26,29)(H,27,28,30). The van der Waals surface area contributed by atoms with Crippen molar-refractivity contribution in [3.8, 4) is 11.1 Å². The molecule has 0 aliphatic heterocycles. The van der Waals surface area contributed by atoms with Crippen LogP contribution in [0.2, 0.25) is 0 Å². The molecular weight excluding hydrogens is 438 g/mol. The normalized spacial score (nSPS) is 12.8. The fraction of sp³-hybridized carbons (Fsp3) is 0.240. The van der Waals surface area contributed by atoms with Gasteiger partial charge in [0.25, 0.3) is 5.56 Å². The maximum atomic E-state index is 12.6. The first kappa shape index (κ1) is 21.0. The van der Waals surface area contributed by atoms with Crippen molar-refractivity contribution in [3.05, 3.63) is 81.2 Å². The smallest absolute Gasteiger partial charge is 0.259 e. The molecule has 5 nitrogen and oxygen atoms in total. The topological polar surface area (TPSA) is 74.8 Å². The molecule has 0 atom stereocenters. The number of carbonyl (C=O) groups excluding carboxylic acids is 1. The summed E-state index contributed by atoms with van der Waals surface area (Å²) < 4.78 is 0. The number of hydrogen-bond acceptors (Lipinski definition) is 5. The van der Waals surface area contributed by atoms with E-state index in [4.69, 9.17) is 0 Å². The van der Waals surface area contributed by atoms with Gasteiger partial charge in [-0.15, -0.1) is 11.3 Å². The number of aromatic nitrogens is 2. The number of thioether (sulfide) groups is 1. The zero-order valence-corrected chi connectivity index (χ0v) is 19.2. The zero-order valence-electron chi connectivity index (χ0n) is 17.5. The van der Waals surface area contributed by atoms with E-state index in [-0.39, 0.29) is 11.5 Å². The van der Waals surface area contributed by atoms with Gasteiger partial charge in [0.05, 0.1) is 11.1 Å². The molecule has 0 radical (unpaired) electrons. The Morgan fingerprint density at radius 2 is 1.91 bits per heavy atom. The Bertz CT molecular complexity index is 1330. The maximum absolute atomic E-state index is 12.6. The van der Waals surface area contributed by atoms with Crippen molar-refractivity contribution in [1.82, 2.24) is 9.97 Å². The fourth-order valence-electron chi connectivity index (χ4n) is 4.12. The van der Waals surface area contributed by atoms with E-state index in [1.807, 2.05) is 54.6 Å². The third-order valence-electron chi connectivity index (χ3n) is 5.62. The van der Waals surface area contributed by atoms with Crippen LogP contribution in [0.15, 0.2) is 59.4 Å². The molecular formula is C25H23N3O2S2. The molecule has 0 saturated carbocycles. The molecule has 0 spiro atoms. The molecule has 0 saturated heterocycles. The van der Waals surface area contributed by atoms with Gasteiger partial charge in [-0.3, -0.25) is 9.59 Å². The van der Waals surface area contributed by atoms with Crippen LogP contribution in [0.1, 0.15) is 29.1 Å². The number of amides is 1. The van der Waals surface area contributed by atoms with Crippen molar-refractivity contribution < 1.29 is 4.79 Å². The molecule has 2 aromatic heterocycles. The number of anilines is 1. The van der Waals surface area contributed by atoms with Crippen LogP contribution >= 0.6 is 23.1 Å². The Balaban J connectivity index is 1.18. The fourth-order valence-corrected chi connectivity index (χ4v) is 6.21. The number of benzene rings is 2. The molecule has 2 heterocycles. The minimum atomic E-state index is -0.0275. The summed E-state index contributed by atoms with van der Waals surface area (Å²) in [7, 11) is 0. The Labute approximate surface area is 194 Å². The highest BCUT2D eigenvalue weighted by Crippen LogP contribution is 2.34. The molecule has 5 rings (SSSR count). The first-order valence-corrected chi connectivity index (χ1v) is 12.7. The van der Waals surface area contributed by atoms with Crippen LogP contribution in [-0.2, 0) is 23.4 Å². The molecule has 0 unspecified atom stereocenters. The lowest BCUT2D eigenvalue weighted by Crippen LogP contribution is -2.13. The van der Waals surface area contributed by atoms with Gasteiger partial charge >= 0.3 is 0 Å². The van der Waals surface area contributed by atoms with Gasteiger partial charge in [0.15, 0.2) is 0 Å². The average molecular weight is 462 g/mol. The molecule has 2 N–H and O–H groups in total. The van der Waals surface area contributed by atoms with Crippen LogP contribution in [0, 0.1) is 0 Å². The zero-order chi connectivity index (χ0) is 21.9. The van der Waals surface area contributed by atoms with Crippen LogP contribution in [0.3, 0.4) is 0 Å². The van der Waals surface area contributed by atoms with Crippen molar-refractivity contribution in [2.45, 2.75) is 31.4 Å². The molecule has 1 aliphatic rings. The van der Waals surface area contributed by atoms with Gasteiger partial charge in [0, 0.05) is 28.3 Å². The lowest BCUT2D eigenvalue weighted by atomic mass is 10.0. The average Bonchev–Trinajstić information content (AvgIpc) is 3.39. The largest absolute Gasteiger partial charge is 0.325 e. The number of rotatable bonds is 7. The van der Waals surface area contributed by atoms with E-state index >= 15 is 0 Å². The van der Waals surface area contributed by atoms with E-state index in [1.165, 1.54) is 10.4 Å². The van der Waals surface area contributed by atoms with E-state index in [2.05, 4.69) is 15.3 Å². The van der Waals surface area contributed by atoms with Gasteiger partial charge in [0.1, 0.15) is 10.7 Å². The number of H-pyrrole nitrogens is 1. The van der Waals surface area contributed by atoms with Crippen molar-refractivity contribution in [3.63, 3.8) is 0 Å². The number of carbonyl (C=O) groups is 1. The Hall–Kier alpha value is -2.90. The number of nitrogens with one attached hydrogen (secondary N) is 2. The number of fused-ring (bicyclic) bond motifs is 3. The summed E-state index contributed by atoms with van der Waals surface area (Å²) in [6.45, 7) is 0. The summed E-state index contributed by atoms with van der Waals surface area (Å²) in [5.41, 5.74) is 4.07. The lowest BCUT2D eigenvalue weighted by Gasteiger charge is -2.11. The van der Waals surface area contributed by atoms with Gasteiger partial charge in [-0.05, 0) is 36.5 Å². The minimum absolute atomic E-state index is 0.0209. The van der Waals surface area contributed by atoms with E-state index in [9.17, 15) is 9.59 Å². The highest BCUT2D eigenvalue weighted by atomic mass is 32.2. The molecule has 1 aliphatic carbocycles. The molecule has 32 heavy (non-hydrogen) atoms. The van der Waals surface area contributed by atoms with E-state index in [0.717, 1.165) is 46.3 Å². The van der Waals surface area contributed by atoms with Crippen molar-refractivity contribution in [2.75, 3.05) is 11.1 Å². The molecule has 4 aromatic rings. The predicted molar refractivity (Wildman–Crippen MR) is 134 cm³/mol. The second-order valence-electron chi connectivity index (χ2n) is 7.81. The summed E-state index contributed by atoms with van der Waals surface area (Å²) in [6, 6.07) is 17.9. The van der Waals surface area contributed by atoms with E-state index < -0.39 is 0 Å². The predicted octanol–water partition coefficient (Wildman–Crippen LogP) is 5.40. The Morgan fingerprint density at radius 1 is 1.09 bits per heavy atom. The third-order valence-corrected chi connectivity index (χ3v) is 7.78. The molecule has 0 bridgehead atoms. The van der Waals surface area contributed by atoms with Crippen LogP contribution in [-0.4, -0.2) is 21.6 Å². The van der Waals surface area contributed by atoms with Crippen molar-refractivity contribution in [1.29, 1.82) is 0 Å². The summed E-state index contributed by atoms with van der Waals surface area (Å²) in [6.07, 6.45) is 3.57. The second-order valence-corrected chi connectivity index (χ2v) is 10.0. The number of aryl methyl sites for hydroxylation is 2. The quantitative estimate of drug-likeness (QED) is 0.361. The first-order chi connectivity index (χ1) is 15.7. The molecule has 7 heteroatoms. The summed E-state index contributed by atoms with van der Waals surface area (Å²) in [5.74, 6) is 1.90. The summed E-state index contributed by atoms with van der Waals surface area (Å²) in [4.78, 5) is 34.8. The van der Waals surface area contributed by atoms with Gasteiger partial charge in [-0.2, -0.15) is 11.8 Å². The van der Waals surface area contributed by atoms with E-state index in [0.29, 0.717) is 23.8 Å². The van der Waals surface area contributed by atoms with Gasteiger partial charge in [-0.25, -0.2) is 4.98 Å². The van der Waals surface area contributed by atoms with Crippen LogP contribution in [0.25, 0.3) is 21.3 Å². The van der Waals surface area contributed by atoms with Gasteiger partial charge in [0.2, 0.25) is 5.91 Å². The second kappa shape index (κ2) is 9.30. The van der Waals surface area contributed by atoms with Crippen molar-refractivity contribution >= 4 is 44.9 Å². The molecule has 162 valence electrons. The van der Waals surface area contributed by atoms with Crippen LogP contribution in [0.4, 0.5) is 5.69 Å². The first-order valence-electron chi connectivity index (χ1n) is 10.7. The third kappa shape index (κ3) is 4.36. The Morgan fingerprint density at radius 3 is 2.78 bits per heavy atom. The Kier molecular flexibility index (Phi) is 6.10. The van der Waals surface area contributed by atoms with Gasteiger partial charge in [-0.1, -0.05) is 48.5 Å². The van der Waals surface area contributed by atoms with Crippen LogP contribution < -0.4 is 10.9 Å². The number of para-hydroxylation sites is 1. The monoisotopic (exact) mass is 461 g/mol. The van der Waals surface area contributed by atoms with E-state index in [1.54, 1.807) is 23.1 Å².